The summed E-state index contributed by atoms with van der Waals surface area (Å²) >= 11 is 1.67. The molecule has 0 aliphatic carbocycles. The number of nitrogens with one attached hydrogen (secondary N) is 1. The summed E-state index contributed by atoms with van der Waals surface area (Å²) in [4.78, 5) is 9.32. The maximum Gasteiger partial charge on any atom is 0.141 e. The summed E-state index contributed by atoms with van der Waals surface area (Å²) < 4.78 is 12.9. The molecule has 0 amide bonds. The van der Waals surface area contributed by atoms with Crippen LogP contribution in [0.4, 0.5) is 4.39 Å². The van der Waals surface area contributed by atoms with Gasteiger partial charge in [0.25, 0.3) is 0 Å². The molecule has 0 radical (unpaired) electrons. The minimum atomic E-state index is -0.304. The van der Waals surface area contributed by atoms with E-state index in [-0.39, 0.29) is 11.9 Å². The first-order valence-electron chi connectivity index (χ1n) is 5.40. The SMILES string of the molecule is Cc1cnc(C(C)NCc2cncc(F)c2)s1. The lowest BCUT2D eigenvalue weighted by Gasteiger charge is -2.10. The topological polar surface area (TPSA) is 37.8 Å². The van der Waals surface area contributed by atoms with Crippen LogP contribution in [0.5, 0.6) is 0 Å². The molecule has 2 rings (SSSR count). The molecule has 0 bridgehead atoms. The second-order valence-electron chi connectivity index (χ2n) is 3.92. The smallest absolute Gasteiger partial charge is 0.141 e. The predicted octanol–water partition coefficient (Wildman–Crippen LogP) is 2.84. The van der Waals surface area contributed by atoms with E-state index in [1.807, 2.05) is 20.0 Å². The molecule has 5 heteroatoms. The third-order valence-corrected chi connectivity index (χ3v) is 3.48. The van der Waals surface area contributed by atoms with Gasteiger partial charge in [-0.15, -0.1) is 11.3 Å². The molecule has 2 aromatic rings. The molecule has 1 unspecified atom stereocenters. The van der Waals surface area contributed by atoms with Gasteiger partial charge in [-0.25, -0.2) is 9.37 Å². The van der Waals surface area contributed by atoms with Gasteiger partial charge in [0.05, 0.1) is 12.2 Å². The predicted molar refractivity (Wildman–Crippen MR) is 66.3 cm³/mol. The summed E-state index contributed by atoms with van der Waals surface area (Å²) in [6.45, 7) is 4.67. The molecule has 2 aromatic heterocycles. The molecule has 90 valence electrons. The van der Waals surface area contributed by atoms with E-state index in [0.29, 0.717) is 6.54 Å². The molecule has 17 heavy (non-hydrogen) atoms. The monoisotopic (exact) mass is 251 g/mol. The Balaban J connectivity index is 1.94. The largest absolute Gasteiger partial charge is 0.304 e. The Kier molecular flexibility index (Phi) is 3.81. The first-order valence-corrected chi connectivity index (χ1v) is 6.22. The fourth-order valence-corrected chi connectivity index (χ4v) is 2.28. The molecule has 0 saturated heterocycles. The van der Waals surface area contributed by atoms with Gasteiger partial charge < -0.3 is 5.32 Å². The van der Waals surface area contributed by atoms with Crippen molar-refractivity contribution < 1.29 is 4.39 Å². The van der Waals surface area contributed by atoms with Crippen LogP contribution in [-0.4, -0.2) is 9.97 Å². The van der Waals surface area contributed by atoms with Gasteiger partial charge in [0.15, 0.2) is 0 Å². The standard InChI is InChI=1S/C12H14FN3S/c1-8-4-16-12(17-8)9(2)15-6-10-3-11(13)7-14-5-10/h3-5,7,9,15H,6H2,1-2H3. The Labute approximate surface area is 104 Å². The second kappa shape index (κ2) is 5.33. The van der Waals surface area contributed by atoms with E-state index >= 15 is 0 Å². The molecule has 0 spiro atoms. The van der Waals surface area contributed by atoms with Crippen LogP contribution in [0.2, 0.25) is 0 Å². The lowest BCUT2D eigenvalue weighted by atomic mass is 10.2. The molecule has 1 N–H and O–H groups in total. The quantitative estimate of drug-likeness (QED) is 0.908. The van der Waals surface area contributed by atoms with Crippen molar-refractivity contribution in [3.63, 3.8) is 0 Å². The zero-order chi connectivity index (χ0) is 12.3. The molecule has 0 fully saturated rings. The number of aromatic nitrogens is 2. The van der Waals surface area contributed by atoms with E-state index in [1.54, 1.807) is 17.5 Å². The van der Waals surface area contributed by atoms with Gasteiger partial charge in [0, 0.05) is 23.8 Å². The van der Waals surface area contributed by atoms with Crippen molar-refractivity contribution in [1.82, 2.24) is 15.3 Å². The highest BCUT2D eigenvalue weighted by molar-refractivity contribution is 7.11. The average molecular weight is 251 g/mol. The Morgan fingerprint density at radius 3 is 2.88 bits per heavy atom. The van der Waals surface area contributed by atoms with Crippen molar-refractivity contribution in [2.24, 2.45) is 0 Å². The number of thiazole rings is 1. The highest BCUT2D eigenvalue weighted by Crippen LogP contribution is 2.19. The molecule has 3 nitrogen and oxygen atoms in total. The van der Waals surface area contributed by atoms with Crippen LogP contribution >= 0.6 is 11.3 Å². The van der Waals surface area contributed by atoms with Gasteiger partial charge in [-0.05, 0) is 25.5 Å². The number of nitrogens with zero attached hydrogens (tertiary/aromatic N) is 2. The minimum Gasteiger partial charge on any atom is -0.304 e. The van der Waals surface area contributed by atoms with Crippen LogP contribution in [0.3, 0.4) is 0 Å². The van der Waals surface area contributed by atoms with Crippen LogP contribution < -0.4 is 5.32 Å². The number of hydrogen-bond donors (Lipinski definition) is 1. The minimum absolute atomic E-state index is 0.164. The lowest BCUT2D eigenvalue weighted by molar-refractivity contribution is 0.564. The van der Waals surface area contributed by atoms with Crippen molar-refractivity contribution in [3.05, 3.63) is 45.9 Å². The van der Waals surface area contributed by atoms with Crippen LogP contribution in [-0.2, 0) is 6.54 Å². The maximum absolute atomic E-state index is 12.9. The highest BCUT2D eigenvalue weighted by Gasteiger charge is 2.08. The van der Waals surface area contributed by atoms with Crippen molar-refractivity contribution in [3.8, 4) is 0 Å². The Bertz CT molecular complexity index is 498. The molecule has 2 heterocycles. The van der Waals surface area contributed by atoms with Gasteiger partial charge >= 0.3 is 0 Å². The number of hydrogen-bond acceptors (Lipinski definition) is 4. The molecular formula is C12H14FN3S. The third kappa shape index (κ3) is 3.31. The number of halogens is 1. The number of pyridine rings is 1. The van der Waals surface area contributed by atoms with E-state index < -0.39 is 0 Å². The van der Waals surface area contributed by atoms with Crippen molar-refractivity contribution in [2.75, 3.05) is 0 Å². The van der Waals surface area contributed by atoms with Crippen LogP contribution in [0.25, 0.3) is 0 Å². The van der Waals surface area contributed by atoms with Gasteiger partial charge in [-0.2, -0.15) is 0 Å². The molecule has 0 saturated carbocycles. The van der Waals surface area contributed by atoms with Gasteiger partial charge in [-0.3, -0.25) is 4.98 Å². The van der Waals surface area contributed by atoms with Crippen LogP contribution in [0.1, 0.15) is 28.4 Å². The summed E-state index contributed by atoms with van der Waals surface area (Å²) in [5, 5.41) is 4.35. The van der Waals surface area contributed by atoms with Gasteiger partial charge in [-0.1, -0.05) is 0 Å². The molecule has 0 aliphatic rings. The zero-order valence-electron chi connectivity index (χ0n) is 9.77. The fourth-order valence-electron chi connectivity index (χ4n) is 1.48. The molecule has 0 aliphatic heterocycles. The van der Waals surface area contributed by atoms with E-state index in [4.69, 9.17) is 0 Å². The average Bonchev–Trinajstić information content (AvgIpc) is 2.73. The number of aryl methyl sites for hydroxylation is 1. The fraction of sp³-hybridized carbons (Fsp3) is 0.333. The lowest BCUT2D eigenvalue weighted by Crippen LogP contribution is -2.18. The Hall–Kier alpha value is -1.33. The van der Waals surface area contributed by atoms with Gasteiger partial charge in [0.1, 0.15) is 10.8 Å². The molecule has 0 aromatic carbocycles. The third-order valence-electron chi connectivity index (χ3n) is 2.38. The highest BCUT2D eigenvalue weighted by atomic mass is 32.1. The summed E-state index contributed by atoms with van der Waals surface area (Å²) in [6.07, 6.45) is 4.73. The summed E-state index contributed by atoms with van der Waals surface area (Å²) in [5.74, 6) is -0.304. The normalized spacial score (nSPS) is 12.6. The summed E-state index contributed by atoms with van der Waals surface area (Å²) in [7, 11) is 0. The summed E-state index contributed by atoms with van der Waals surface area (Å²) in [5.41, 5.74) is 0.838. The zero-order valence-corrected chi connectivity index (χ0v) is 10.6. The Morgan fingerprint density at radius 2 is 2.24 bits per heavy atom. The summed E-state index contributed by atoms with van der Waals surface area (Å²) in [6, 6.07) is 1.65. The Morgan fingerprint density at radius 1 is 1.41 bits per heavy atom. The first kappa shape index (κ1) is 12.1. The van der Waals surface area contributed by atoms with Crippen LogP contribution in [0, 0.1) is 12.7 Å². The first-order chi connectivity index (χ1) is 8.15. The van der Waals surface area contributed by atoms with Crippen LogP contribution in [0.15, 0.2) is 24.7 Å². The van der Waals surface area contributed by atoms with Gasteiger partial charge in [0.2, 0.25) is 0 Å². The maximum atomic E-state index is 12.9. The van der Waals surface area contributed by atoms with Crippen molar-refractivity contribution >= 4 is 11.3 Å². The molecule has 1 atom stereocenters. The van der Waals surface area contributed by atoms with E-state index in [0.717, 1.165) is 10.6 Å². The molecular weight excluding hydrogens is 237 g/mol. The van der Waals surface area contributed by atoms with E-state index in [9.17, 15) is 4.39 Å². The number of rotatable bonds is 4. The van der Waals surface area contributed by atoms with Crippen molar-refractivity contribution in [2.45, 2.75) is 26.4 Å². The van der Waals surface area contributed by atoms with Crippen molar-refractivity contribution in [1.29, 1.82) is 0 Å². The van der Waals surface area contributed by atoms with E-state index in [1.165, 1.54) is 17.1 Å². The second-order valence-corrected chi connectivity index (χ2v) is 5.19. The van der Waals surface area contributed by atoms with E-state index in [2.05, 4.69) is 15.3 Å².